The zero-order chi connectivity index (χ0) is 13.0. The Bertz CT molecular complexity index is 557. The summed E-state index contributed by atoms with van der Waals surface area (Å²) < 4.78 is 0.908. The molecule has 18 heavy (non-hydrogen) atoms. The second kappa shape index (κ2) is 6.06. The number of rotatable bonds is 3. The number of nitrogens with one attached hydrogen (secondary N) is 2. The lowest BCUT2D eigenvalue weighted by atomic mass is 10.2. The molecule has 2 rings (SSSR count). The van der Waals surface area contributed by atoms with E-state index < -0.39 is 0 Å². The molecular weight excluding hydrogens is 363 g/mol. The van der Waals surface area contributed by atoms with Crippen LogP contribution < -0.4 is 10.9 Å². The van der Waals surface area contributed by atoms with Gasteiger partial charge in [0.1, 0.15) is 0 Å². The van der Waals surface area contributed by atoms with Crippen molar-refractivity contribution in [2.75, 3.05) is 5.43 Å². The normalized spacial score (nSPS) is 9.89. The fourth-order valence-electron chi connectivity index (χ4n) is 1.37. The maximum Gasteiger partial charge on any atom is 0.270 e. The van der Waals surface area contributed by atoms with Crippen molar-refractivity contribution in [3.8, 4) is 0 Å². The van der Waals surface area contributed by atoms with Gasteiger partial charge in [-0.2, -0.15) is 0 Å². The van der Waals surface area contributed by atoms with Gasteiger partial charge in [0.2, 0.25) is 0 Å². The van der Waals surface area contributed by atoms with Crippen LogP contribution in [0.2, 0.25) is 5.02 Å². The van der Waals surface area contributed by atoms with Crippen LogP contribution >= 0.6 is 34.2 Å². The molecule has 5 heteroatoms. The van der Waals surface area contributed by atoms with Gasteiger partial charge in [-0.15, -0.1) is 0 Å². The lowest BCUT2D eigenvalue weighted by Crippen LogP contribution is -2.29. The Kier molecular flexibility index (Phi) is 4.43. The first-order valence-electron chi connectivity index (χ1n) is 5.23. The molecule has 0 aliphatic heterocycles. The number of benzene rings is 2. The van der Waals surface area contributed by atoms with E-state index in [0.29, 0.717) is 10.6 Å². The lowest BCUT2D eigenvalue weighted by molar-refractivity contribution is 0.0962. The van der Waals surface area contributed by atoms with Crippen molar-refractivity contribution >= 4 is 45.8 Å². The van der Waals surface area contributed by atoms with Gasteiger partial charge in [0, 0.05) is 8.59 Å². The van der Waals surface area contributed by atoms with Crippen LogP contribution in [0.25, 0.3) is 0 Å². The van der Waals surface area contributed by atoms with Gasteiger partial charge in [0.25, 0.3) is 5.91 Å². The fraction of sp³-hybridized carbons (Fsp3) is 0. The Morgan fingerprint density at radius 3 is 2.39 bits per heavy atom. The largest absolute Gasteiger partial charge is 0.298 e. The van der Waals surface area contributed by atoms with Crippen LogP contribution in [-0.2, 0) is 0 Å². The average molecular weight is 373 g/mol. The SMILES string of the molecule is O=C(NNc1ccc(Cl)cc1)c1ccccc1I. The number of hydrogen-bond donors (Lipinski definition) is 2. The Balaban J connectivity index is 2.01. The minimum absolute atomic E-state index is 0.171. The molecule has 0 radical (unpaired) electrons. The van der Waals surface area contributed by atoms with Gasteiger partial charge in [-0.1, -0.05) is 23.7 Å². The number of amides is 1. The van der Waals surface area contributed by atoms with E-state index in [4.69, 9.17) is 11.6 Å². The van der Waals surface area contributed by atoms with Crippen LogP contribution in [0.15, 0.2) is 48.5 Å². The van der Waals surface area contributed by atoms with Crippen LogP contribution in [0.3, 0.4) is 0 Å². The highest BCUT2D eigenvalue weighted by atomic mass is 127. The predicted molar refractivity (Wildman–Crippen MR) is 81.7 cm³/mol. The molecule has 0 bridgehead atoms. The van der Waals surface area contributed by atoms with Gasteiger partial charge in [0.15, 0.2) is 0 Å². The van der Waals surface area contributed by atoms with Crippen molar-refractivity contribution in [1.82, 2.24) is 5.43 Å². The molecule has 2 aromatic rings. The van der Waals surface area contributed by atoms with Crippen molar-refractivity contribution in [3.05, 3.63) is 62.7 Å². The third-order valence-corrected chi connectivity index (χ3v) is 3.48. The molecule has 0 aliphatic rings. The van der Waals surface area contributed by atoms with Gasteiger partial charge < -0.3 is 0 Å². The summed E-state index contributed by atoms with van der Waals surface area (Å²) in [6, 6.07) is 14.5. The molecule has 1 amide bonds. The summed E-state index contributed by atoms with van der Waals surface area (Å²) in [4.78, 5) is 11.9. The highest BCUT2D eigenvalue weighted by molar-refractivity contribution is 14.1. The standard InChI is InChI=1S/C13H10ClIN2O/c14-9-5-7-10(8-6-9)16-17-13(18)11-3-1-2-4-12(11)15/h1-8,16H,(H,17,18). The van der Waals surface area contributed by atoms with E-state index in [0.717, 1.165) is 9.26 Å². The maximum atomic E-state index is 11.9. The van der Waals surface area contributed by atoms with Crippen molar-refractivity contribution < 1.29 is 4.79 Å². The molecule has 0 heterocycles. The molecule has 2 aromatic carbocycles. The molecule has 0 atom stereocenters. The molecule has 0 saturated carbocycles. The topological polar surface area (TPSA) is 41.1 Å². The van der Waals surface area contributed by atoms with E-state index in [9.17, 15) is 4.79 Å². The number of hydrazine groups is 1. The Labute approximate surface area is 124 Å². The van der Waals surface area contributed by atoms with E-state index >= 15 is 0 Å². The summed E-state index contributed by atoms with van der Waals surface area (Å²) >= 11 is 7.90. The molecule has 3 nitrogen and oxygen atoms in total. The number of halogens is 2. The minimum Gasteiger partial charge on any atom is -0.298 e. The monoisotopic (exact) mass is 372 g/mol. The van der Waals surface area contributed by atoms with Gasteiger partial charge in [-0.3, -0.25) is 15.6 Å². The summed E-state index contributed by atoms with van der Waals surface area (Å²) in [6.45, 7) is 0. The van der Waals surface area contributed by atoms with Crippen molar-refractivity contribution in [2.45, 2.75) is 0 Å². The second-order valence-electron chi connectivity index (χ2n) is 3.57. The van der Waals surface area contributed by atoms with Crippen LogP contribution in [0.4, 0.5) is 5.69 Å². The summed E-state index contributed by atoms with van der Waals surface area (Å²) in [6.07, 6.45) is 0. The summed E-state index contributed by atoms with van der Waals surface area (Å²) in [5, 5.41) is 0.657. The number of hydrogen-bond acceptors (Lipinski definition) is 2. The van der Waals surface area contributed by atoms with E-state index in [1.54, 1.807) is 30.3 Å². The van der Waals surface area contributed by atoms with Gasteiger partial charge in [0.05, 0.1) is 11.3 Å². The molecule has 0 spiro atoms. The Hall–Kier alpha value is -1.27. The highest BCUT2D eigenvalue weighted by Crippen LogP contribution is 2.13. The van der Waals surface area contributed by atoms with Crippen molar-refractivity contribution in [1.29, 1.82) is 0 Å². The molecule has 0 unspecified atom stereocenters. The zero-order valence-electron chi connectivity index (χ0n) is 9.28. The van der Waals surface area contributed by atoms with Crippen LogP contribution in [0, 0.1) is 3.57 Å². The number of carbonyl (C=O) groups is 1. The molecule has 0 fully saturated rings. The van der Waals surface area contributed by atoms with Crippen molar-refractivity contribution in [3.63, 3.8) is 0 Å². The Morgan fingerprint density at radius 1 is 1.06 bits per heavy atom. The summed E-state index contributed by atoms with van der Waals surface area (Å²) in [5.74, 6) is -0.171. The van der Waals surface area contributed by atoms with E-state index in [-0.39, 0.29) is 5.91 Å². The Morgan fingerprint density at radius 2 is 1.72 bits per heavy atom. The first-order valence-corrected chi connectivity index (χ1v) is 6.69. The van der Waals surface area contributed by atoms with Crippen LogP contribution in [0.1, 0.15) is 10.4 Å². The predicted octanol–water partition coefficient (Wildman–Crippen LogP) is 3.70. The lowest BCUT2D eigenvalue weighted by Gasteiger charge is -2.09. The summed E-state index contributed by atoms with van der Waals surface area (Å²) in [5.41, 5.74) is 6.89. The highest BCUT2D eigenvalue weighted by Gasteiger charge is 2.07. The van der Waals surface area contributed by atoms with Gasteiger partial charge in [-0.05, 0) is 59.0 Å². The van der Waals surface area contributed by atoms with E-state index in [1.165, 1.54) is 0 Å². The van der Waals surface area contributed by atoms with Crippen molar-refractivity contribution in [2.24, 2.45) is 0 Å². The first-order chi connectivity index (χ1) is 8.66. The van der Waals surface area contributed by atoms with Crippen LogP contribution in [-0.4, -0.2) is 5.91 Å². The third kappa shape index (κ3) is 3.36. The van der Waals surface area contributed by atoms with E-state index in [1.807, 2.05) is 18.2 Å². The summed E-state index contributed by atoms with van der Waals surface area (Å²) in [7, 11) is 0. The zero-order valence-corrected chi connectivity index (χ0v) is 12.2. The molecular formula is C13H10ClIN2O. The van der Waals surface area contributed by atoms with Gasteiger partial charge >= 0.3 is 0 Å². The number of anilines is 1. The second-order valence-corrected chi connectivity index (χ2v) is 5.16. The molecule has 0 aliphatic carbocycles. The van der Waals surface area contributed by atoms with Gasteiger partial charge in [-0.25, -0.2) is 0 Å². The molecule has 0 aromatic heterocycles. The third-order valence-electron chi connectivity index (χ3n) is 2.28. The average Bonchev–Trinajstić information content (AvgIpc) is 2.38. The molecule has 0 saturated heterocycles. The molecule has 2 N–H and O–H groups in total. The molecule has 92 valence electrons. The minimum atomic E-state index is -0.171. The number of carbonyl (C=O) groups excluding carboxylic acids is 1. The smallest absolute Gasteiger partial charge is 0.270 e. The first kappa shape index (κ1) is 13.2. The van der Waals surface area contributed by atoms with E-state index in [2.05, 4.69) is 33.4 Å². The maximum absolute atomic E-state index is 11.9. The fourth-order valence-corrected chi connectivity index (χ4v) is 2.13. The van der Waals surface area contributed by atoms with Crippen LogP contribution in [0.5, 0.6) is 0 Å². The quantitative estimate of drug-likeness (QED) is 0.637.